The fourth-order valence-electron chi connectivity index (χ4n) is 1.73. The lowest BCUT2D eigenvalue weighted by molar-refractivity contribution is -0.214. The van der Waals surface area contributed by atoms with Gasteiger partial charge in [-0.1, -0.05) is 20.4 Å². The second kappa shape index (κ2) is 5.67. The van der Waals surface area contributed by atoms with Crippen molar-refractivity contribution in [2.24, 2.45) is 5.41 Å². The Morgan fingerprint density at radius 2 is 2.11 bits per heavy atom. The molecule has 1 unspecified atom stereocenters. The Hall–Kier alpha value is -1.46. The van der Waals surface area contributed by atoms with E-state index >= 15 is 0 Å². The van der Waals surface area contributed by atoms with Gasteiger partial charge in [-0.3, -0.25) is 0 Å². The van der Waals surface area contributed by atoms with E-state index < -0.39 is 11.6 Å². The van der Waals surface area contributed by atoms with E-state index in [1.807, 2.05) is 0 Å². The minimum absolute atomic E-state index is 0.0279. The van der Waals surface area contributed by atoms with Gasteiger partial charge < -0.3 is 10.3 Å². The minimum atomic E-state index is -4.20. The molecule has 1 aromatic heterocycles. The molecule has 2 N–H and O–H groups in total. The zero-order valence-electron chi connectivity index (χ0n) is 11.4. The number of rotatable bonds is 6. The largest absolute Gasteiger partial charge is 0.393 e. The number of aryl methyl sites for hydroxylation is 1. The average molecular weight is 275 g/mol. The molecule has 0 aromatic carbocycles. The van der Waals surface area contributed by atoms with Crippen LogP contribution < -0.4 is 5.32 Å². The summed E-state index contributed by atoms with van der Waals surface area (Å²) < 4.78 is 38.4. The number of alkyl halides is 3. The van der Waals surface area contributed by atoms with E-state index in [-0.39, 0.29) is 12.5 Å². The van der Waals surface area contributed by atoms with Crippen molar-refractivity contribution in [2.75, 3.05) is 0 Å². The molecule has 1 atom stereocenters. The quantitative estimate of drug-likeness (QED) is 0.827. The first-order valence-corrected chi connectivity index (χ1v) is 6.12. The Labute approximate surface area is 111 Å². The van der Waals surface area contributed by atoms with Gasteiger partial charge >= 0.3 is 6.18 Å². The SMILES string of the molecule is C=CNC(CCC(C)(C)C(F)(F)F)c1cnc(C)[nH]1. The highest BCUT2D eigenvalue weighted by atomic mass is 19.4. The van der Waals surface area contributed by atoms with Gasteiger partial charge in [0.15, 0.2) is 0 Å². The molecule has 0 amide bonds. The lowest BCUT2D eigenvalue weighted by Gasteiger charge is -2.29. The van der Waals surface area contributed by atoms with Crippen molar-refractivity contribution in [3.05, 3.63) is 30.5 Å². The van der Waals surface area contributed by atoms with Gasteiger partial charge in [-0.2, -0.15) is 13.2 Å². The van der Waals surface area contributed by atoms with Crippen molar-refractivity contribution in [3.8, 4) is 0 Å². The Balaban J connectivity index is 2.73. The molecule has 0 radical (unpaired) electrons. The molecule has 1 heterocycles. The summed E-state index contributed by atoms with van der Waals surface area (Å²) in [7, 11) is 0. The summed E-state index contributed by atoms with van der Waals surface area (Å²) in [4.78, 5) is 7.09. The normalized spacial score (nSPS) is 14.2. The molecule has 0 spiro atoms. The van der Waals surface area contributed by atoms with Crippen molar-refractivity contribution < 1.29 is 13.2 Å². The second-order valence-corrected chi connectivity index (χ2v) is 5.27. The van der Waals surface area contributed by atoms with Crippen LogP contribution in [0.25, 0.3) is 0 Å². The van der Waals surface area contributed by atoms with Gasteiger partial charge in [0.2, 0.25) is 0 Å². The van der Waals surface area contributed by atoms with Crippen LogP contribution >= 0.6 is 0 Å². The first kappa shape index (κ1) is 15.6. The fraction of sp³-hybridized carbons (Fsp3) is 0.615. The molecule has 0 fully saturated rings. The van der Waals surface area contributed by atoms with Crippen molar-refractivity contribution in [1.82, 2.24) is 15.3 Å². The molecule has 0 aliphatic carbocycles. The Morgan fingerprint density at radius 1 is 1.47 bits per heavy atom. The standard InChI is InChI=1S/C13H20F3N3/c1-5-17-10(11-8-18-9(2)19-11)6-7-12(3,4)13(14,15)16/h5,8,10,17H,1,6-7H2,2-4H3,(H,18,19). The van der Waals surface area contributed by atoms with Crippen LogP contribution in [0, 0.1) is 12.3 Å². The second-order valence-electron chi connectivity index (χ2n) is 5.27. The number of H-pyrrole nitrogens is 1. The number of halogens is 3. The molecule has 0 saturated heterocycles. The van der Waals surface area contributed by atoms with Crippen molar-refractivity contribution in [1.29, 1.82) is 0 Å². The number of imidazole rings is 1. The van der Waals surface area contributed by atoms with Crippen LogP contribution in [0.3, 0.4) is 0 Å². The Morgan fingerprint density at radius 3 is 2.53 bits per heavy atom. The third kappa shape index (κ3) is 4.01. The number of aromatic amines is 1. The highest BCUT2D eigenvalue weighted by Crippen LogP contribution is 2.42. The third-order valence-corrected chi connectivity index (χ3v) is 3.24. The molecule has 0 aliphatic heterocycles. The zero-order valence-corrected chi connectivity index (χ0v) is 11.4. The summed E-state index contributed by atoms with van der Waals surface area (Å²) >= 11 is 0. The summed E-state index contributed by atoms with van der Waals surface area (Å²) in [5.41, 5.74) is -0.932. The Kier molecular flexibility index (Phi) is 4.66. The van der Waals surface area contributed by atoms with Gasteiger partial charge in [-0.15, -0.1) is 0 Å². The van der Waals surface area contributed by atoms with Crippen LogP contribution in [-0.4, -0.2) is 16.1 Å². The van der Waals surface area contributed by atoms with Gasteiger partial charge in [0.1, 0.15) is 5.82 Å². The molecule has 6 heteroatoms. The molecule has 19 heavy (non-hydrogen) atoms. The van der Waals surface area contributed by atoms with Gasteiger partial charge in [-0.25, -0.2) is 4.98 Å². The third-order valence-electron chi connectivity index (χ3n) is 3.24. The first-order chi connectivity index (χ1) is 8.67. The smallest absolute Gasteiger partial charge is 0.383 e. The van der Waals surface area contributed by atoms with Gasteiger partial charge in [0.05, 0.1) is 23.3 Å². The van der Waals surface area contributed by atoms with E-state index in [1.165, 1.54) is 20.0 Å². The van der Waals surface area contributed by atoms with E-state index in [2.05, 4.69) is 21.9 Å². The molecule has 0 bridgehead atoms. The van der Waals surface area contributed by atoms with Crippen LogP contribution in [-0.2, 0) is 0 Å². The number of hydrogen-bond donors (Lipinski definition) is 2. The molecule has 108 valence electrons. The lowest BCUT2D eigenvalue weighted by atomic mass is 9.85. The van der Waals surface area contributed by atoms with Crippen molar-refractivity contribution in [2.45, 2.75) is 45.8 Å². The minimum Gasteiger partial charge on any atom is -0.383 e. The van der Waals surface area contributed by atoms with Crippen LogP contribution in [0.1, 0.15) is 44.2 Å². The Bertz CT molecular complexity index is 421. The van der Waals surface area contributed by atoms with E-state index in [4.69, 9.17) is 0 Å². The molecular weight excluding hydrogens is 255 g/mol. The summed E-state index contributed by atoms with van der Waals surface area (Å²) in [6, 6.07) is -0.236. The molecule has 0 aliphatic rings. The molecule has 0 saturated carbocycles. The number of nitrogens with one attached hydrogen (secondary N) is 2. The fourth-order valence-corrected chi connectivity index (χ4v) is 1.73. The first-order valence-electron chi connectivity index (χ1n) is 6.12. The van der Waals surface area contributed by atoms with Gasteiger partial charge in [0.25, 0.3) is 0 Å². The topological polar surface area (TPSA) is 40.7 Å². The molecular formula is C13H20F3N3. The van der Waals surface area contributed by atoms with Gasteiger partial charge in [0, 0.05) is 0 Å². The number of aromatic nitrogens is 2. The monoisotopic (exact) mass is 275 g/mol. The van der Waals surface area contributed by atoms with E-state index in [0.29, 0.717) is 6.42 Å². The predicted octanol–water partition coefficient (Wildman–Crippen LogP) is 3.86. The summed E-state index contributed by atoms with van der Waals surface area (Å²) in [6.07, 6.45) is -0.700. The summed E-state index contributed by atoms with van der Waals surface area (Å²) in [5.74, 6) is 0.737. The lowest BCUT2D eigenvalue weighted by Crippen LogP contribution is -2.33. The van der Waals surface area contributed by atoms with Gasteiger partial charge in [-0.05, 0) is 26.0 Å². The maximum atomic E-state index is 12.8. The van der Waals surface area contributed by atoms with Crippen molar-refractivity contribution in [3.63, 3.8) is 0 Å². The van der Waals surface area contributed by atoms with Crippen LogP contribution in [0.4, 0.5) is 13.2 Å². The van der Waals surface area contributed by atoms with Crippen LogP contribution in [0.15, 0.2) is 19.0 Å². The van der Waals surface area contributed by atoms with E-state index in [1.54, 1.807) is 13.1 Å². The maximum Gasteiger partial charge on any atom is 0.393 e. The zero-order chi connectivity index (χ0) is 14.7. The van der Waals surface area contributed by atoms with Crippen molar-refractivity contribution >= 4 is 0 Å². The number of hydrogen-bond acceptors (Lipinski definition) is 2. The highest BCUT2D eigenvalue weighted by Gasteiger charge is 2.46. The van der Waals surface area contributed by atoms with Crippen LogP contribution in [0.5, 0.6) is 0 Å². The number of nitrogens with zero attached hydrogens (tertiary/aromatic N) is 1. The van der Waals surface area contributed by atoms with E-state index in [9.17, 15) is 13.2 Å². The maximum absolute atomic E-state index is 12.8. The summed E-state index contributed by atoms with van der Waals surface area (Å²) in [5, 5.41) is 2.96. The van der Waals surface area contributed by atoms with E-state index in [0.717, 1.165) is 11.5 Å². The predicted molar refractivity (Wildman–Crippen MR) is 68.5 cm³/mol. The van der Waals surface area contributed by atoms with Crippen LogP contribution in [0.2, 0.25) is 0 Å². The average Bonchev–Trinajstić information content (AvgIpc) is 2.69. The highest BCUT2D eigenvalue weighted by molar-refractivity contribution is 5.07. The molecule has 1 rings (SSSR count). The molecule has 1 aromatic rings. The summed E-state index contributed by atoms with van der Waals surface area (Å²) in [6.45, 7) is 7.79. The molecule has 3 nitrogen and oxygen atoms in total.